The summed E-state index contributed by atoms with van der Waals surface area (Å²) >= 11 is 0. The van der Waals surface area contributed by atoms with E-state index < -0.39 is 10.0 Å². The highest BCUT2D eigenvalue weighted by atomic mass is 32.2. The van der Waals surface area contributed by atoms with Crippen LogP contribution in [0.5, 0.6) is 0 Å². The van der Waals surface area contributed by atoms with Crippen LogP contribution in [-0.2, 0) is 14.8 Å². The Labute approximate surface area is 201 Å². The zero-order chi connectivity index (χ0) is 24.5. The molecule has 3 aromatic rings. The fraction of sp³-hybridized carbons (Fsp3) is 0.296. The molecule has 2 N–H and O–H groups in total. The fourth-order valence-corrected chi connectivity index (χ4v) is 5.35. The second-order valence-corrected chi connectivity index (χ2v) is 10.4. The number of ether oxygens (including phenoxy) is 1. The quantitative estimate of drug-likeness (QED) is 0.411. The van der Waals surface area contributed by atoms with E-state index in [0.717, 1.165) is 27.9 Å². The number of hydrogen-bond acceptors (Lipinski definition) is 5. The number of benzene rings is 3. The first kappa shape index (κ1) is 24.0. The van der Waals surface area contributed by atoms with Crippen LogP contribution in [0.4, 0.5) is 11.4 Å². The first-order valence-electron chi connectivity index (χ1n) is 11.4. The van der Waals surface area contributed by atoms with Gasteiger partial charge in [0, 0.05) is 35.5 Å². The van der Waals surface area contributed by atoms with Crippen molar-refractivity contribution in [3.63, 3.8) is 0 Å². The van der Waals surface area contributed by atoms with Crippen molar-refractivity contribution in [3.8, 4) is 0 Å². The predicted molar refractivity (Wildman–Crippen MR) is 135 cm³/mol. The number of fused-ring (bicyclic) bond motifs is 1. The number of carbonyl (C=O) groups is 1. The highest BCUT2D eigenvalue weighted by Crippen LogP contribution is 2.42. The second-order valence-electron chi connectivity index (χ2n) is 8.71. The zero-order valence-corrected chi connectivity index (χ0v) is 20.7. The van der Waals surface area contributed by atoms with E-state index in [1.54, 1.807) is 31.2 Å². The third kappa shape index (κ3) is 5.00. The molecule has 0 bridgehead atoms. The van der Waals surface area contributed by atoms with E-state index >= 15 is 0 Å². The second kappa shape index (κ2) is 9.60. The molecule has 2 atom stereocenters. The molecule has 0 unspecified atom stereocenters. The third-order valence-corrected chi connectivity index (χ3v) is 7.66. The van der Waals surface area contributed by atoms with Crippen molar-refractivity contribution in [1.29, 1.82) is 0 Å². The number of Topliss-reactive ketones (excluding diaryl/α,β-unsaturated/α-hetero) is 1. The number of nitrogens with one attached hydrogen (secondary N) is 2. The zero-order valence-electron chi connectivity index (χ0n) is 19.9. The molecule has 0 amide bonds. The van der Waals surface area contributed by atoms with Gasteiger partial charge in [-0.25, -0.2) is 8.42 Å². The molecule has 1 heterocycles. The van der Waals surface area contributed by atoms with E-state index in [4.69, 9.17) is 4.74 Å². The van der Waals surface area contributed by atoms with Crippen LogP contribution >= 0.6 is 0 Å². The lowest BCUT2D eigenvalue weighted by molar-refractivity contribution is 0.0497. The SMILES string of the molecule is CCO[C@H]1C[C@@H](c2cccc(C(C)=O)c2)Nc2ccc(S(=O)(=O)Nc3ccc(C)c(C)c3)cc21. The summed E-state index contributed by atoms with van der Waals surface area (Å²) in [6.45, 7) is 7.92. The lowest BCUT2D eigenvalue weighted by atomic mass is 9.90. The van der Waals surface area contributed by atoms with Crippen LogP contribution < -0.4 is 10.0 Å². The van der Waals surface area contributed by atoms with Gasteiger partial charge in [0.05, 0.1) is 17.0 Å². The molecule has 7 heteroatoms. The Balaban J connectivity index is 1.65. The number of sulfonamides is 1. The van der Waals surface area contributed by atoms with Crippen molar-refractivity contribution in [2.24, 2.45) is 0 Å². The Kier molecular flexibility index (Phi) is 6.77. The van der Waals surface area contributed by atoms with Gasteiger partial charge in [-0.2, -0.15) is 0 Å². The van der Waals surface area contributed by atoms with Gasteiger partial charge in [-0.15, -0.1) is 0 Å². The summed E-state index contributed by atoms with van der Waals surface area (Å²) < 4.78 is 35.0. The van der Waals surface area contributed by atoms with Gasteiger partial charge in [-0.1, -0.05) is 24.3 Å². The third-order valence-electron chi connectivity index (χ3n) is 6.28. The van der Waals surface area contributed by atoms with Crippen molar-refractivity contribution < 1.29 is 17.9 Å². The van der Waals surface area contributed by atoms with Crippen molar-refractivity contribution in [3.05, 3.63) is 88.5 Å². The summed E-state index contributed by atoms with van der Waals surface area (Å²) in [7, 11) is -3.77. The van der Waals surface area contributed by atoms with Crippen LogP contribution in [0.2, 0.25) is 0 Å². The van der Waals surface area contributed by atoms with Gasteiger partial charge in [0.1, 0.15) is 0 Å². The van der Waals surface area contributed by atoms with Crippen LogP contribution in [0.1, 0.15) is 65.0 Å². The van der Waals surface area contributed by atoms with Crippen molar-refractivity contribution in [2.45, 2.75) is 51.2 Å². The summed E-state index contributed by atoms with van der Waals surface area (Å²) in [6, 6.07) is 18.1. The van der Waals surface area contributed by atoms with Gasteiger partial charge in [-0.3, -0.25) is 9.52 Å². The summed E-state index contributed by atoms with van der Waals surface area (Å²) in [4.78, 5) is 12.0. The van der Waals surface area contributed by atoms with E-state index in [1.807, 2.05) is 57.2 Å². The monoisotopic (exact) mass is 478 g/mol. The van der Waals surface area contributed by atoms with Gasteiger partial charge in [0.2, 0.25) is 0 Å². The van der Waals surface area contributed by atoms with E-state index in [0.29, 0.717) is 24.3 Å². The molecule has 0 aliphatic carbocycles. The van der Waals surface area contributed by atoms with Gasteiger partial charge in [0.25, 0.3) is 10.0 Å². The highest BCUT2D eigenvalue weighted by molar-refractivity contribution is 7.92. The van der Waals surface area contributed by atoms with Crippen LogP contribution in [0.15, 0.2) is 65.6 Å². The summed E-state index contributed by atoms with van der Waals surface area (Å²) in [6.07, 6.45) is 0.347. The molecule has 0 spiro atoms. The van der Waals surface area contributed by atoms with Crippen molar-refractivity contribution >= 4 is 27.2 Å². The van der Waals surface area contributed by atoms with Gasteiger partial charge in [-0.05, 0) is 80.8 Å². The number of aryl methyl sites for hydroxylation is 2. The fourth-order valence-electron chi connectivity index (χ4n) is 4.27. The lowest BCUT2D eigenvalue weighted by Gasteiger charge is -2.33. The largest absolute Gasteiger partial charge is 0.378 e. The van der Waals surface area contributed by atoms with Gasteiger partial charge in [0.15, 0.2) is 5.78 Å². The standard InChI is InChI=1S/C27H30N2O4S/c1-5-33-27-16-26(21-8-6-7-20(14-21)19(4)30)28-25-12-11-23(15-24(25)27)34(31,32)29-22-10-9-17(2)18(3)13-22/h6-15,26-29H,5,16H2,1-4H3/t26-,27-/m0/s1. The minimum absolute atomic E-state index is 0.0190. The Hall–Kier alpha value is -3.16. The number of rotatable bonds is 7. The summed E-state index contributed by atoms with van der Waals surface area (Å²) in [5, 5.41) is 3.50. The van der Waals surface area contributed by atoms with Crippen LogP contribution in [0, 0.1) is 13.8 Å². The highest BCUT2D eigenvalue weighted by Gasteiger charge is 2.30. The maximum atomic E-state index is 13.1. The maximum absolute atomic E-state index is 13.1. The molecule has 3 aromatic carbocycles. The molecular formula is C27H30N2O4S. The lowest BCUT2D eigenvalue weighted by Crippen LogP contribution is -2.24. The first-order chi connectivity index (χ1) is 16.2. The van der Waals surface area contributed by atoms with E-state index in [9.17, 15) is 13.2 Å². The molecule has 0 aromatic heterocycles. The summed E-state index contributed by atoms with van der Waals surface area (Å²) in [5.74, 6) is 0.0190. The average molecular weight is 479 g/mol. The molecule has 34 heavy (non-hydrogen) atoms. The smallest absolute Gasteiger partial charge is 0.261 e. The van der Waals surface area contributed by atoms with Gasteiger partial charge >= 0.3 is 0 Å². The Morgan fingerprint density at radius 2 is 1.85 bits per heavy atom. The predicted octanol–water partition coefficient (Wildman–Crippen LogP) is 5.94. The number of anilines is 2. The topological polar surface area (TPSA) is 84.5 Å². The molecular weight excluding hydrogens is 448 g/mol. The van der Waals surface area contributed by atoms with Gasteiger partial charge < -0.3 is 10.1 Å². The molecule has 0 radical (unpaired) electrons. The molecule has 4 rings (SSSR count). The summed E-state index contributed by atoms with van der Waals surface area (Å²) in [5.41, 5.74) is 5.95. The van der Waals surface area contributed by atoms with Crippen molar-refractivity contribution in [1.82, 2.24) is 0 Å². The first-order valence-corrected chi connectivity index (χ1v) is 12.9. The van der Waals surface area contributed by atoms with Crippen LogP contribution in [0.3, 0.4) is 0 Å². The molecule has 178 valence electrons. The number of ketones is 1. The van der Waals surface area contributed by atoms with Crippen molar-refractivity contribution in [2.75, 3.05) is 16.6 Å². The Morgan fingerprint density at radius 1 is 1.06 bits per heavy atom. The molecule has 0 saturated carbocycles. The maximum Gasteiger partial charge on any atom is 0.261 e. The normalized spacial score (nSPS) is 17.5. The van der Waals surface area contributed by atoms with E-state index in [2.05, 4.69) is 10.0 Å². The van der Waals surface area contributed by atoms with E-state index in [-0.39, 0.29) is 22.8 Å². The average Bonchev–Trinajstić information content (AvgIpc) is 2.81. The molecule has 0 saturated heterocycles. The number of hydrogen-bond donors (Lipinski definition) is 2. The number of carbonyl (C=O) groups excluding carboxylic acids is 1. The minimum Gasteiger partial charge on any atom is -0.378 e. The molecule has 1 aliphatic heterocycles. The molecule has 6 nitrogen and oxygen atoms in total. The Bertz CT molecular complexity index is 1330. The molecule has 0 fully saturated rings. The van der Waals surface area contributed by atoms with Crippen LogP contribution in [0.25, 0.3) is 0 Å². The van der Waals surface area contributed by atoms with E-state index in [1.165, 1.54) is 0 Å². The molecule has 1 aliphatic rings. The minimum atomic E-state index is -3.77. The Morgan fingerprint density at radius 3 is 2.56 bits per heavy atom. The van der Waals surface area contributed by atoms with Crippen LogP contribution in [-0.4, -0.2) is 20.8 Å².